The van der Waals surface area contributed by atoms with Crippen LogP contribution in [0.25, 0.3) is 0 Å². The van der Waals surface area contributed by atoms with E-state index in [4.69, 9.17) is 15.7 Å². The van der Waals surface area contributed by atoms with Gasteiger partial charge >= 0.3 is 0 Å². The number of hydrogen-bond donors (Lipinski definition) is 1. The molecule has 0 radical (unpaired) electrons. The number of rotatable bonds is 4. The molecule has 1 unspecified atom stereocenters. The Bertz CT molecular complexity index is 846. The number of hydrogen-bond acceptors (Lipinski definition) is 4. The second-order valence-corrected chi connectivity index (χ2v) is 5.60. The first kappa shape index (κ1) is 16.0. The van der Waals surface area contributed by atoms with Gasteiger partial charge in [0, 0.05) is 18.1 Å². The van der Waals surface area contributed by atoms with Gasteiger partial charge in [-0.1, -0.05) is 18.2 Å². The molecule has 24 heavy (non-hydrogen) atoms. The van der Waals surface area contributed by atoms with Crippen molar-refractivity contribution in [2.24, 2.45) is 5.73 Å². The average Bonchev–Trinajstić information content (AvgIpc) is 2.81. The minimum atomic E-state index is -1.36. The summed E-state index contributed by atoms with van der Waals surface area (Å²) in [5.41, 5.74) is 6.17. The molecule has 0 saturated carbocycles. The second-order valence-electron chi connectivity index (χ2n) is 5.60. The Morgan fingerprint density at radius 1 is 1.29 bits per heavy atom. The van der Waals surface area contributed by atoms with Gasteiger partial charge in [-0.25, -0.2) is 4.39 Å². The highest BCUT2D eigenvalue weighted by Crippen LogP contribution is 2.46. The van der Waals surface area contributed by atoms with Crippen LogP contribution in [0.15, 0.2) is 42.5 Å². The summed E-state index contributed by atoms with van der Waals surface area (Å²) >= 11 is 0. The molecule has 0 fully saturated rings. The van der Waals surface area contributed by atoms with Crippen LogP contribution >= 0.6 is 0 Å². The largest absolute Gasteiger partial charge is 0.497 e. The monoisotopic (exact) mass is 325 g/mol. The maximum Gasteiger partial charge on any atom is 0.256 e. The normalized spacial score (nSPS) is 19.1. The zero-order valence-corrected chi connectivity index (χ0v) is 13.1. The van der Waals surface area contributed by atoms with Crippen molar-refractivity contribution in [2.75, 3.05) is 12.0 Å². The van der Waals surface area contributed by atoms with Gasteiger partial charge in [-0.3, -0.25) is 9.69 Å². The number of halogens is 1. The average molecular weight is 325 g/mol. The highest BCUT2D eigenvalue weighted by atomic mass is 19.1. The van der Waals surface area contributed by atoms with Crippen LogP contribution in [0.1, 0.15) is 18.4 Å². The van der Waals surface area contributed by atoms with E-state index in [1.165, 1.54) is 24.1 Å². The Balaban J connectivity index is 2.20. The number of anilines is 2. The zero-order chi connectivity index (χ0) is 17.3. The first-order valence-corrected chi connectivity index (χ1v) is 7.46. The maximum atomic E-state index is 14.3. The maximum absolute atomic E-state index is 14.3. The van der Waals surface area contributed by atoms with Gasteiger partial charge < -0.3 is 10.5 Å². The predicted octanol–water partition coefficient (Wildman–Crippen LogP) is 2.97. The van der Waals surface area contributed by atoms with Gasteiger partial charge in [0.05, 0.1) is 24.6 Å². The van der Waals surface area contributed by atoms with Gasteiger partial charge in [0.1, 0.15) is 17.1 Å². The third kappa shape index (κ3) is 2.30. The quantitative estimate of drug-likeness (QED) is 0.937. The lowest BCUT2D eigenvalue weighted by atomic mass is 9.88. The summed E-state index contributed by atoms with van der Waals surface area (Å²) in [7, 11) is 1.51. The minimum absolute atomic E-state index is 0.124. The Kier molecular flexibility index (Phi) is 3.96. The first-order valence-electron chi connectivity index (χ1n) is 7.46. The smallest absolute Gasteiger partial charge is 0.256 e. The van der Waals surface area contributed by atoms with E-state index in [2.05, 4.69) is 0 Å². The topological polar surface area (TPSA) is 79.3 Å². The van der Waals surface area contributed by atoms with Crippen LogP contribution in [0, 0.1) is 17.1 Å². The van der Waals surface area contributed by atoms with Crippen molar-refractivity contribution in [3.05, 3.63) is 53.8 Å². The number of methoxy groups -OCH3 is 1. The van der Waals surface area contributed by atoms with Crippen molar-refractivity contribution >= 4 is 17.3 Å². The molecule has 0 aliphatic carbocycles. The summed E-state index contributed by atoms with van der Waals surface area (Å²) < 4.78 is 19.5. The van der Waals surface area contributed by atoms with Gasteiger partial charge in [-0.05, 0) is 24.6 Å². The molecule has 0 saturated heterocycles. The van der Waals surface area contributed by atoms with Gasteiger partial charge in [0.15, 0.2) is 0 Å². The van der Waals surface area contributed by atoms with E-state index in [1.54, 1.807) is 30.3 Å². The number of benzene rings is 2. The predicted molar refractivity (Wildman–Crippen MR) is 87.3 cm³/mol. The van der Waals surface area contributed by atoms with Crippen LogP contribution < -0.4 is 15.4 Å². The third-order valence-electron chi connectivity index (χ3n) is 4.24. The SMILES string of the molecule is COc1ccc2c(c1)N(c1ccccc1F)C(=O)C2(N)CCC#N. The lowest BCUT2D eigenvalue weighted by Gasteiger charge is -2.23. The van der Waals surface area contributed by atoms with E-state index >= 15 is 0 Å². The number of amides is 1. The number of carbonyl (C=O) groups is 1. The molecule has 3 rings (SSSR count). The molecule has 1 aliphatic heterocycles. The van der Waals surface area contributed by atoms with Crippen LogP contribution in [-0.2, 0) is 10.3 Å². The van der Waals surface area contributed by atoms with Crippen LogP contribution in [-0.4, -0.2) is 13.0 Å². The van der Waals surface area contributed by atoms with E-state index < -0.39 is 17.3 Å². The molecule has 1 aliphatic rings. The van der Waals surface area contributed by atoms with Crippen molar-refractivity contribution in [3.8, 4) is 11.8 Å². The summed E-state index contributed by atoms with van der Waals surface area (Å²) in [6.07, 6.45) is 0.283. The molecule has 1 atom stereocenters. The van der Waals surface area contributed by atoms with Crippen molar-refractivity contribution < 1.29 is 13.9 Å². The molecule has 1 heterocycles. The van der Waals surface area contributed by atoms with Gasteiger partial charge in [-0.15, -0.1) is 0 Å². The van der Waals surface area contributed by atoms with E-state index in [-0.39, 0.29) is 18.5 Å². The number of para-hydroxylation sites is 1. The molecule has 0 spiro atoms. The highest BCUT2D eigenvalue weighted by molar-refractivity contribution is 6.12. The summed E-state index contributed by atoms with van der Waals surface area (Å²) in [5.74, 6) is -0.442. The molecule has 6 heteroatoms. The Hall–Kier alpha value is -2.91. The molecule has 0 aromatic heterocycles. The van der Waals surface area contributed by atoms with E-state index in [9.17, 15) is 9.18 Å². The third-order valence-corrected chi connectivity index (χ3v) is 4.24. The second kappa shape index (κ2) is 5.95. The van der Waals surface area contributed by atoms with Crippen molar-refractivity contribution in [3.63, 3.8) is 0 Å². The molecule has 1 amide bonds. The molecule has 2 aromatic carbocycles. The minimum Gasteiger partial charge on any atom is -0.497 e. The molecule has 2 aromatic rings. The fourth-order valence-electron chi connectivity index (χ4n) is 2.99. The number of nitrogens with two attached hydrogens (primary N) is 1. The van der Waals surface area contributed by atoms with Crippen molar-refractivity contribution in [1.29, 1.82) is 5.26 Å². The first-order chi connectivity index (χ1) is 11.5. The summed E-state index contributed by atoms with van der Waals surface area (Å²) in [6, 6.07) is 13.1. The van der Waals surface area contributed by atoms with E-state index in [0.717, 1.165) is 0 Å². The Labute approximate surface area is 139 Å². The zero-order valence-electron chi connectivity index (χ0n) is 13.1. The number of fused-ring (bicyclic) bond motifs is 1. The fourth-order valence-corrected chi connectivity index (χ4v) is 2.99. The Morgan fingerprint density at radius 3 is 2.71 bits per heavy atom. The standard InChI is InChI=1S/C18H16FN3O2/c1-24-12-7-8-13-16(11-12)22(15-6-3-2-5-14(15)19)17(23)18(13,21)9-4-10-20/h2-3,5-8,11H,4,9,21H2,1H3. The summed E-state index contributed by atoms with van der Waals surface area (Å²) in [5, 5.41) is 8.87. The molecule has 122 valence electrons. The lowest BCUT2D eigenvalue weighted by Crippen LogP contribution is -2.46. The molecule has 5 nitrogen and oxygen atoms in total. The number of carbonyl (C=O) groups excluding carboxylic acids is 1. The Morgan fingerprint density at radius 2 is 2.04 bits per heavy atom. The fraction of sp³-hybridized carbons (Fsp3) is 0.222. The molecular formula is C18H16FN3O2. The summed E-state index contributed by atoms with van der Waals surface area (Å²) in [6.45, 7) is 0. The van der Waals surface area contributed by atoms with Crippen molar-refractivity contribution in [1.82, 2.24) is 0 Å². The molecule has 2 N–H and O–H groups in total. The van der Waals surface area contributed by atoms with Gasteiger partial charge in [0.25, 0.3) is 5.91 Å². The number of nitriles is 1. The van der Waals surface area contributed by atoms with E-state index in [1.807, 2.05) is 6.07 Å². The van der Waals surface area contributed by atoms with Crippen molar-refractivity contribution in [2.45, 2.75) is 18.4 Å². The van der Waals surface area contributed by atoms with Gasteiger partial charge in [0.2, 0.25) is 0 Å². The number of nitrogens with zero attached hydrogens (tertiary/aromatic N) is 2. The lowest BCUT2D eigenvalue weighted by molar-refractivity contribution is -0.122. The van der Waals surface area contributed by atoms with Crippen LogP contribution in [0.2, 0.25) is 0 Å². The molecular weight excluding hydrogens is 309 g/mol. The van der Waals surface area contributed by atoms with Crippen LogP contribution in [0.4, 0.5) is 15.8 Å². The van der Waals surface area contributed by atoms with Gasteiger partial charge in [-0.2, -0.15) is 5.26 Å². The van der Waals surface area contributed by atoms with Crippen LogP contribution in [0.3, 0.4) is 0 Å². The van der Waals surface area contributed by atoms with E-state index in [0.29, 0.717) is 17.0 Å². The molecule has 0 bridgehead atoms. The summed E-state index contributed by atoms with van der Waals surface area (Å²) in [4.78, 5) is 14.3. The van der Waals surface area contributed by atoms with Crippen LogP contribution in [0.5, 0.6) is 5.75 Å². The number of ether oxygens (including phenoxy) is 1. The highest BCUT2D eigenvalue weighted by Gasteiger charge is 2.49.